The van der Waals surface area contributed by atoms with E-state index in [1.54, 1.807) is 6.20 Å². The molecule has 3 aromatic heterocycles. The Morgan fingerprint density at radius 1 is 0.837 bits per heavy atom. The van der Waals surface area contributed by atoms with Gasteiger partial charge in [-0.2, -0.15) is 0 Å². The molecule has 6 aromatic rings. The van der Waals surface area contributed by atoms with Gasteiger partial charge in [0.1, 0.15) is 5.58 Å². The second kappa shape index (κ2) is 13.9. The van der Waals surface area contributed by atoms with Crippen LogP contribution < -0.4 is 5.19 Å². The number of hydrogen-bond acceptors (Lipinski definition) is 3. The number of furan rings is 1. The molecule has 5 heteroatoms. The summed E-state index contributed by atoms with van der Waals surface area (Å²) in [6, 6.07) is 32.6. The van der Waals surface area contributed by atoms with Gasteiger partial charge >= 0.3 is 0 Å². The van der Waals surface area contributed by atoms with Crippen LogP contribution in [0.4, 0.5) is 0 Å². The number of aromatic nitrogens is 2. The van der Waals surface area contributed by atoms with E-state index < -0.39 is 14.0 Å². The molecule has 3 heterocycles. The van der Waals surface area contributed by atoms with Crippen molar-refractivity contribution in [2.45, 2.75) is 59.7 Å². The third kappa shape index (κ3) is 7.59. The molecule has 0 saturated heterocycles. The Kier molecular flexibility index (Phi) is 10.1. The minimum Gasteiger partial charge on any atom is -0.501 e. The number of rotatable bonds is 6. The zero-order chi connectivity index (χ0) is 30.8. The fourth-order valence-corrected chi connectivity index (χ4v) is 6.83. The van der Waals surface area contributed by atoms with Gasteiger partial charge in [-0.05, 0) is 46.9 Å². The summed E-state index contributed by atoms with van der Waals surface area (Å²) in [7, 11) is -1.34. The Labute approximate surface area is 272 Å². The number of hydrogen-bond donors (Lipinski definition) is 0. The van der Waals surface area contributed by atoms with Crippen LogP contribution in [0.2, 0.25) is 19.6 Å². The Morgan fingerprint density at radius 3 is 2.30 bits per heavy atom. The second-order valence-electron chi connectivity index (χ2n) is 12.5. The summed E-state index contributed by atoms with van der Waals surface area (Å²) in [4.78, 5) is 9.16. The van der Waals surface area contributed by atoms with Gasteiger partial charge in [-0.3, -0.25) is 0 Å². The van der Waals surface area contributed by atoms with Crippen LogP contribution in [0.3, 0.4) is 0 Å². The molecule has 223 valence electrons. The van der Waals surface area contributed by atoms with Crippen molar-refractivity contribution in [3.8, 4) is 22.5 Å². The first-order valence-electron chi connectivity index (χ1n) is 15.2. The Morgan fingerprint density at radius 2 is 1.60 bits per heavy atom. The standard InChI is InChI=1S/C20H16NO.C18H24NSi.Ir/c1-13(2)14-10-11-21-18(12-14)17-8-5-7-16-15-6-3-4-9-19(15)22-20(16)17;1-14(2)11-16-12-17(15-9-7-6-8-10-15)19-13-18(16)20(3,4)5;/h3-7,9-13H,1-2H3;6-9,12-14H,11H2,1-5H3;/q2*-1;/i13D;;. The maximum Gasteiger partial charge on any atom is 0.120 e. The fraction of sp³-hybridized carbons (Fsp3) is 0.263. The number of benzene rings is 3. The summed E-state index contributed by atoms with van der Waals surface area (Å²) in [5.74, 6) is -0.000437. The predicted octanol–water partition coefficient (Wildman–Crippen LogP) is 9.86. The van der Waals surface area contributed by atoms with E-state index in [0.717, 1.165) is 56.4 Å². The quantitative estimate of drug-likeness (QED) is 0.125. The van der Waals surface area contributed by atoms with Gasteiger partial charge in [0.15, 0.2) is 0 Å². The molecule has 0 aliphatic rings. The molecule has 6 rings (SSSR count). The Hall–Kier alpha value is -3.37. The van der Waals surface area contributed by atoms with Gasteiger partial charge in [0.2, 0.25) is 0 Å². The molecule has 43 heavy (non-hydrogen) atoms. The average Bonchev–Trinajstić information content (AvgIpc) is 3.36. The summed E-state index contributed by atoms with van der Waals surface area (Å²) in [6.45, 7) is 15.5. The van der Waals surface area contributed by atoms with E-state index in [0.29, 0.717) is 5.92 Å². The van der Waals surface area contributed by atoms with Gasteiger partial charge in [0, 0.05) is 39.3 Å². The monoisotopic (exact) mass is 762 g/mol. The first kappa shape index (κ1) is 31.1. The van der Waals surface area contributed by atoms with Crippen molar-refractivity contribution in [3.05, 3.63) is 115 Å². The molecular formula is C38H40IrN2OSi-2. The molecule has 0 aliphatic carbocycles. The maximum absolute atomic E-state index is 8.22. The van der Waals surface area contributed by atoms with E-state index in [4.69, 9.17) is 5.79 Å². The fourth-order valence-electron chi connectivity index (χ4n) is 5.24. The van der Waals surface area contributed by atoms with E-state index >= 15 is 0 Å². The van der Waals surface area contributed by atoms with Crippen molar-refractivity contribution in [2.24, 2.45) is 5.92 Å². The SMILES string of the molecule is CC(C)Cc1cc(-c2[c-]cccc2)ncc1[Si](C)(C)C.[2H]C(C)(C)c1ccnc(-c2[c-]ccc3c2oc2ccccc23)c1.[Ir]. The van der Waals surface area contributed by atoms with Crippen molar-refractivity contribution >= 4 is 35.2 Å². The van der Waals surface area contributed by atoms with Crippen molar-refractivity contribution in [1.29, 1.82) is 0 Å². The van der Waals surface area contributed by atoms with E-state index in [1.807, 2.05) is 74.5 Å². The third-order valence-electron chi connectivity index (χ3n) is 7.34. The number of fused-ring (bicyclic) bond motifs is 3. The van der Waals surface area contributed by atoms with Crippen LogP contribution in [0.15, 0.2) is 95.7 Å². The molecule has 3 aromatic carbocycles. The van der Waals surface area contributed by atoms with E-state index in [-0.39, 0.29) is 20.1 Å². The topological polar surface area (TPSA) is 38.9 Å². The first-order chi connectivity index (χ1) is 20.4. The minimum absolute atomic E-state index is 0. The average molecular weight is 762 g/mol. The van der Waals surface area contributed by atoms with Gasteiger partial charge in [-0.25, -0.2) is 0 Å². The summed E-state index contributed by atoms with van der Waals surface area (Å²) >= 11 is 0. The molecule has 3 nitrogen and oxygen atoms in total. The van der Waals surface area contributed by atoms with E-state index in [2.05, 4.69) is 80.0 Å². The number of nitrogens with zero attached hydrogens (tertiary/aromatic N) is 2. The van der Waals surface area contributed by atoms with Crippen molar-refractivity contribution in [2.75, 3.05) is 0 Å². The van der Waals surface area contributed by atoms with Crippen LogP contribution in [0.5, 0.6) is 0 Å². The normalized spacial score (nSPS) is 12.0. The molecule has 0 unspecified atom stereocenters. The number of para-hydroxylation sites is 1. The smallest absolute Gasteiger partial charge is 0.120 e. The molecule has 1 radical (unpaired) electrons. The van der Waals surface area contributed by atoms with Gasteiger partial charge in [-0.1, -0.05) is 99.7 Å². The third-order valence-corrected chi connectivity index (χ3v) is 9.41. The van der Waals surface area contributed by atoms with Crippen LogP contribution in [-0.4, -0.2) is 18.0 Å². The van der Waals surface area contributed by atoms with Gasteiger partial charge < -0.3 is 14.4 Å². The summed E-state index contributed by atoms with van der Waals surface area (Å²) in [6.07, 6.45) is 4.98. The zero-order valence-corrected chi connectivity index (χ0v) is 29.5. The van der Waals surface area contributed by atoms with Gasteiger partial charge in [0.25, 0.3) is 0 Å². The second-order valence-corrected chi connectivity index (χ2v) is 17.5. The van der Waals surface area contributed by atoms with Crippen molar-refractivity contribution in [1.82, 2.24) is 9.97 Å². The summed E-state index contributed by atoms with van der Waals surface area (Å²) < 4.78 is 14.3. The van der Waals surface area contributed by atoms with Crippen LogP contribution in [0.1, 0.15) is 46.1 Å². The van der Waals surface area contributed by atoms with Gasteiger partial charge in [0.05, 0.1) is 13.7 Å². The number of pyridine rings is 2. The summed E-state index contributed by atoms with van der Waals surface area (Å²) in [5, 5.41) is 3.65. The predicted molar refractivity (Wildman–Crippen MR) is 180 cm³/mol. The van der Waals surface area contributed by atoms with Crippen LogP contribution in [0.25, 0.3) is 44.5 Å². The molecule has 0 fully saturated rings. The van der Waals surface area contributed by atoms with Gasteiger partial charge in [-0.15, -0.1) is 54.1 Å². The first-order valence-corrected chi connectivity index (χ1v) is 18.2. The zero-order valence-electron chi connectivity index (χ0n) is 27.1. The van der Waals surface area contributed by atoms with Crippen LogP contribution in [-0.2, 0) is 26.5 Å². The molecule has 0 aliphatic heterocycles. The Bertz CT molecular complexity index is 1850. The molecular weight excluding hydrogens is 721 g/mol. The molecule has 0 bridgehead atoms. The molecule has 0 saturated carbocycles. The maximum atomic E-state index is 8.22. The largest absolute Gasteiger partial charge is 0.501 e. The van der Waals surface area contributed by atoms with Crippen molar-refractivity contribution in [3.63, 3.8) is 0 Å². The van der Waals surface area contributed by atoms with E-state index in [9.17, 15) is 0 Å². The molecule has 0 N–H and O–H groups in total. The molecule has 0 amide bonds. The van der Waals surface area contributed by atoms with Crippen LogP contribution >= 0.6 is 0 Å². The van der Waals surface area contributed by atoms with E-state index in [1.165, 1.54) is 10.8 Å². The minimum atomic E-state index is -1.34. The molecule has 0 spiro atoms. The summed E-state index contributed by atoms with van der Waals surface area (Å²) in [5.41, 5.74) is 7.80. The van der Waals surface area contributed by atoms with Crippen LogP contribution in [0, 0.1) is 18.1 Å². The molecule has 0 atom stereocenters. The van der Waals surface area contributed by atoms with Crippen molar-refractivity contribution < 1.29 is 25.9 Å². The Balaban J connectivity index is 0.000000199.